The number of hydrogen-bond donors (Lipinski definition) is 0. The van der Waals surface area contributed by atoms with Crippen molar-refractivity contribution in [2.45, 2.75) is 62.3 Å². The van der Waals surface area contributed by atoms with E-state index >= 15 is 0 Å². The average Bonchev–Trinajstić information content (AvgIpc) is 3.13. The van der Waals surface area contributed by atoms with E-state index in [1.165, 1.54) is 16.1 Å². The molecule has 0 fully saturated rings. The van der Waals surface area contributed by atoms with Crippen molar-refractivity contribution >= 4 is 11.5 Å². The van der Waals surface area contributed by atoms with Crippen LogP contribution in [0.3, 0.4) is 0 Å². The molecule has 0 N–H and O–H groups in total. The van der Waals surface area contributed by atoms with Gasteiger partial charge in [0.05, 0.1) is 17.1 Å². The molecule has 3 heterocycles. The van der Waals surface area contributed by atoms with Crippen LogP contribution in [0.2, 0.25) is 0 Å². The van der Waals surface area contributed by atoms with Gasteiger partial charge >= 0.3 is 0 Å². The van der Waals surface area contributed by atoms with Gasteiger partial charge in [0.25, 0.3) is 0 Å². The summed E-state index contributed by atoms with van der Waals surface area (Å²) >= 11 is 1.58. The molecule has 0 saturated carbocycles. The summed E-state index contributed by atoms with van der Waals surface area (Å²) in [5.41, 5.74) is 6.81. The molecule has 3 aromatic rings. The maximum absolute atomic E-state index is 4.84. The zero-order chi connectivity index (χ0) is 18.4. The van der Waals surface area contributed by atoms with Crippen molar-refractivity contribution in [2.24, 2.45) is 0 Å². The molecule has 0 unspecified atom stereocenters. The van der Waals surface area contributed by atoms with Crippen LogP contribution >= 0.6 is 11.5 Å². The smallest absolute Gasteiger partial charge is 0.136 e. The molecule has 0 saturated heterocycles. The molecule has 0 aliphatic carbocycles. The molecule has 0 aliphatic rings. The van der Waals surface area contributed by atoms with Gasteiger partial charge < -0.3 is 9.05 Å². The predicted molar refractivity (Wildman–Crippen MR) is 97.8 cm³/mol. The van der Waals surface area contributed by atoms with Gasteiger partial charge in [0, 0.05) is 16.0 Å². The molecule has 0 atom stereocenters. The minimum Gasteiger partial charge on any atom is -0.361 e. The molecule has 3 rings (SSSR count). The Balaban J connectivity index is 0.000000180. The largest absolute Gasteiger partial charge is 0.361 e. The molecule has 132 valence electrons. The second kappa shape index (κ2) is 8.78. The summed E-state index contributed by atoms with van der Waals surface area (Å²) in [6, 6.07) is 0. The fourth-order valence-electron chi connectivity index (χ4n) is 1.59. The second-order valence-corrected chi connectivity index (χ2v) is 6.83. The normalized spacial score (nSPS) is 9.88. The maximum Gasteiger partial charge on any atom is 0.136 e. The van der Waals surface area contributed by atoms with E-state index in [1.807, 2.05) is 48.5 Å². The van der Waals surface area contributed by atoms with Crippen molar-refractivity contribution in [1.82, 2.24) is 14.7 Å². The van der Waals surface area contributed by atoms with Crippen molar-refractivity contribution in [2.75, 3.05) is 0 Å². The minimum absolute atomic E-state index is 0.919. The van der Waals surface area contributed by atoms with Crippen LogP contribution in [0.4, 0.5) is 0 Å². The van der Waals surface area contributed by atoms with Crippen LogP contribution < -0.4 is 0 Å². The summed E-state index contributed by atoms with van der Waals surface area (Å²) in [5, 5.41) is 7.48. The molecule has 5 nitrogen and oxygen atoms in total. The van der Waals surface area contributed by atoms with Crippen molar-refractivity contribution in [3.05, 3.63) is 50.2 Å². The zero-order valence-electron chi connectivity index (χ0n) is 16.1. The Kier molecular flexibility index (Phi) is 7.35. The highest BCUT2D eigenvalue weighted by atomic mass is 32.1. The molecule has 24 heavy (non-hydrogen) atoms. The molecule has 3 aromatic heterocycles. The third-order valence-electron chi connectivity index (χ3n) is 4.17. The summed E-state index contributed by atoms with van der Waals surface area (Å²) < 4.78 is 13.8. The Bertz CT molecular complexity index is 621. The lowest BCUT2D eigenvalue weighted by atomic mass is 10.2. The SMILES string of the molecule is Cc1noc(C)c1C.Cc1noc(C)c1C.Cc1nsc(C)c1C. The Hall–Kier alpha value is -1.95. The van der Waals surface area contributed by atoms with Crippen LogP contribution in [-0.4, -0.2) is 14.7 Å². The van der Waals surface area contributed by atoms with Gasteiger partial charge in [-0.25, -0.2) is 0 Å². The van der Waals surface area contributed by atoms with Crippen LogP contribution in [0.5, 0.6) is 0 Å². The number of aromatic nitrogens is 3. The van der Waals surface area contributed by atoms with E-state index in [-0.39, 0.29) is 0 Å². The van der Waals surface area contributed by atoms with Crippen molar-refractivity contribution in [1.29, 1.82) is 0 Å². The van der Waals surface area contributed by atoms with E-state index in [9.17, 15) is 0 Å². The Morgan fingerprint density at radius 2 is 1.00 bits per heavy atom. The fourth-order valence-corrected chi connectivity index (χ4v) is 2.28. The lowest BCUT2D eigenvalue weighted by molar-refractivity contribution is 0.392. The van der Waals surface area contributed by atoms with Crippen molar-refractivity contribution < 1.29 is 9.05 Å². The highest BCUT2D eigenvalue weighted by molar-refractivity contribution is 7.05. The van der Waals surface area contributed by atoms with Crippen LogP contribution in [-0.2, 0) is 0 Å². The monoisotopic (exact) mass is 349 g/mol. The highest BCUT2D eigenvalue weighted by Gasteiger charge is 2.00. The van der Waals surface area contributed by atoms with E-state index in [1.54, 1.807) is 11.5 Å². The molecule has 0 amide bonds. The van der Waals surface area contributed by atoms with Gasteiger partial charge in [-0.15, -0.1) is 0 Å². The molecular weight excluding hydrogens is 322 g/mol. The first kappa shape index (κ1) is 20.1. The third-order valence-corrected chi connectivity index (χ3v) is 5.12. The Morgan fingerprint density at radius 1 is 0.583 bits per heavy atom. The lowest BCUT2D eigenvalue weighted by Gasteiger charge is -1.83. The van der Waals surface area contributed by atoms with Gasteiger partial charge in [-0.2, -0.15) is 4.37 Å². The molecule has 0 bridgehead atoms. The number of nitrogens with zero attached hydrogens (tertiary/aromatic N) is 3. The van der Waals surface area contributed by atoms with Gasteiger partial charge in [0.2, 0.25) is 0 Å². The Labute approximate surface area is 148 Å². The van der Waals surface area contributed by atoms with Crippen molar-refractivity contribution in [3.8, 4) is 0 Å². The van der Waals surface area contributed by atoms with E-state index in [0.29, 0.717) is 0 Å². The number of hydrogen-bond acceptors (Lipinski definition) is 6. The summed E-state index contributed by atoms with van der Waals surface area (Å²) in [6.07, 6.45) is 0. The lowest BCUT2D eigenvalue weighted by Crippen LogP contribution is -1.73. The molecule has 0 spiro atoms. The zero-order valence-corrected chi connectivity index (χ0v) is 16.9. The molecule has 0 aliphatic heterocycles. The minimum atomic E-state index is 0.919. The molecule has 0 radical (unpaired) electrons. The molecular formula is C18H27N3O2S. The summed E-state index contributed by atoms with van der Waals surface area (Å²) in [5.74, 6) is 1.84. The maximum atomic E-state index is 4.84. The van der Waals surface area contributed by atoms with Gasteiger partial charge in [0.15, 0.2) is 0 Å². The highest BCUT2D eigenvalue weighted by Crippen LogP contribution is 2.14. The first-order chi connectivity index (χ1) is 11.1. The summed E-state index contributed by atoms with van der Waals surface area (Å²) in [7, 11) is 0. The molecule has 6 heteroatoms. The summed E-state index contributed by atoms with van der Waals surface area (Å²) in [4.78, 5) is 1.34. The van der Waals surface area contributed by atoms with Gasteiger partial charge in [-0.05, 0) is 79.4 Å². The van der Waals surface area contributed by atoms with E-state index in [0.717, 1.165) is 34.0 Å². The van der Waals surface area contributed by atoms with Crippen LogP contribution in [0, 0.1) is 62.3 Å². The topological polar surface area (TPSA) is 65.0 Å². The second-order valence-electron chi connectivity index (χ2n) is 5.85. The van der Waals surface area contributed by atoms with E-state index in [4.69, 9.17) is 9.05 Å². The summed E-state index contributed by atoms with van der Waals surface area (Å²) in [6.45, 7) is 17.9. The van der Waals surface area contributed by atoms with Crippen molar-refractivity contribution in [3.63, 3.8) is 0 Å². The van der Waals surface area contributed by atoms with E-state index in [2.05, 4.69) is 28.5 Å². The third kappa shape index (κ3) is 5.30. The average molecular weight is 350 g/mol. The standard InChI is InChI=1S/2C6H9NO.C6H9NS/c3*1-4-5(2)7-8-6(4)3/h3*1-3H3. The predicted octanol–water partition coefficient (Wildman–Crippen LogP) is 5.27. The first-order valence-corrected chi connectivity index (χ1v) is 8.60. The Morgan fingerprint density at radius 3 is 1.08 bits per heavy atom. The van der Waals surface area contributed by atoms with Crippen LogP contribution in [0.15, 0.2) is 9.05 Å². The van der Waals surface area contributed by atoms with Gasteiger partial charge in [-0.3, -0.25) is 0 Å². The van der Waals surface area contributed by atoms with Gasteiger partial charge in [-0.1, -0.05) is 10.3 Å². The first-order valence-electron chi connectivity index (χ1n) is 7.83. The number of aryl methyl sites for hydroxylation is 6. The van der Waals surface area contributed by atoms with Crippen LogP contribution in [0.25, 0.3) is 0 Å². The quantitative estimate of drug-likeness (QED) is 0.553. The number of rotatable bonds is 0. The van der Waals surface area contributed by atoms with Gasteiger partial charge in [0.1, 0.15) is 11.5 Å². The fraction of sp³-hybridized carbons (Fsp3) is 0.500. The van der Waals surface area contributed by atoms with Crippen LogP contribution in [0.1, 0.15) is 50.2 Å². The van der Waals surface area contributed by atoms with E-state index < -0.39 is 0 Å². The molecule has 0 aromatic carbocycles.